The Morgan fingerprint density at radius 3 is 2.64 bits per heavy atom. The van der Waals surface area contributed by atoms with Crippen LogP contribution in [0.2, 0.25) is 0 Å². The lowest BCUT2D eigenvalue weighted by molar-refractivity contribution is -0.121. The summed E-state index contributed by atoms with van der Waals surface area (Å²) in [4.78, 5) is 11.8. The Morgan fingerprint density at radius 2 is 1.96 bits per heavy atom. The highest BCUT2D eigenvalue weighted by Gasteiger charge is 2.61. The molecular formula is C21H34N2O2. The molecule has 0 amide bonds. The van der Waals surface area contributed by atoms with Gasteiger partial charge in [0.15, 0.2) is 0 Å². The van der Waals surface area contributed by atoms with E-state index >= 15 is 0 Å². The number of fused-ring (bicyclic) bond motifs is 4. The topological polar surface area (TPSA) is 75.7 Å². The zero-order chi connectivity index (χ0) is 18.0. The molecule has 0 aromatic carbocycles. The summed E-state index contributed by atoms with van der Waals surface area (Å²) in [6.45, 7) is 7.04. The Kier molecular flexibility index (Phi) is 4.16. The number of nitroso groups, excluding NO2 is 1. The molecule has 0 radical (unpaired) electrons. The van der Waals surface area contributed by atoms with E-state index in [0.29, 0.717) is 11.3 Å². The third kappa shape index (κ3) is 2.32. The highest BCUT2D eigenvalue weighted by molar-refractivity contribution is 5.35. The van der Waals surface area contributed by atoms with Crippen molar-refractivity contribution in [3.63, 3.8) is 0 Å². The maximum absolute atomic E-state index is 11.8. The molecule has 4 heteroatoms. The van der Waals surface area contributed by atoms with Crippen LogP contribution in [-0.2, 0) is 0 Å². The Labute approximate surface area is 151 Å². The van der Waals surface area contributed by atoms with Crippen LogP contribution in [-0.4, -0.2) is 23.3 Å². The molecule has 2 saturated carbocycles. The molecule has 3 N–H and O–H groups in total. The molecule has 0 aliphatic heterocycles. The Bertz CT molecular complexity index is 603. The van der Waals surface area contributed by atoms with Crippen molar-refractivity contribution in [1.29, 1.82) is 0 Å². The summed E-state index contributed by atoms with van der Waals surface area (Å²) in [6.07, 6.45) is 8.12. The summed E-state index contributed by atoms with van der Waals surface area (Å²) in [7, 11) is 0. The lowest BCUT2D eigenvalue weighted by Crippen LogP contribution is -2.61. The van der Waals surface area contributed by atoms with E-state index in [2.05, 4.69) is 25.9 Å². The lowest BCUT2D eigenvalue weighted by atomic mass is 9.46. The van der Waals surface area contributed by atoms with Crippen molar-refractivity contribution >= 4 is 0 Å². The van der Waals surface area contributed by atoms with E-state index in [4.69, 9.17) is 5.73 Å². The number of aliphatic hydroxyl groups excluding tert-OH is 1. The van der Waals surface area contributed by atoms with Gasteiger partial charge in [0.2, 0.25) is 0 Å². The van der Waals surface area contributed by atoms with Gasteiger partial charge in [0.05, 0.1) is 6.10 Å². The molecule has 0 spiro atoms. The molecule has 4 aliphatic carbocycles. The second-order valence-corrected chi connectivity index (χ2v) is 9.82. The van der Waals surface area contributed by atoms with Crippen LogP contribution in [0.1, 0.15) is 72.1 Å². The first-order valence-corrected chi connectivity index (χ1v) is 10.3. The molecule has 25 heavy (non-hydrogen) atoms. The minimum absolute atomic E-state index is 0.102. The quantitative estimate of drug-likeness (QED) is 0.582. The van der Waals surface area contributed by atoms with Crippen molar-refractivity contribution in [2.45, 2.75) is 90.3 Å². The van der Waals surface area contributed by atoms with Crippen LogP contribution in [0.5, 0.6) is 0 Å². The second kappa shape index (κ2) is 5.88. The highest BCUT2D eigenvalue weighted by atomic mass is 16.3. The average molecular weight is 347 g/mol. The number of allylic oxidation sites excluding steroid dienone is 1. The van der Waals surface area contributed by atoms with Crippen LogP contribution < -0.4 is 5.73 Å². The Balaban J connectivity index is 1.78. The summed E-state index contributed by atoms with van der Waals surface area (Å²) < 4.78 is 0. The Hall–Kier alpha value is -0.740. The summed E-state index contributed by atoms with van der Waals surface area (Å²) in [5.74, 6) is 0.774. The standard InChI is InChI=1S/C21H34N2O2/c1-4-20(2)9-8-13-14(20)5-6-15-17(13)18(23-25)19(24)16-11-12(22)7-10-21(15,16)3/h12,15-19,24H,4-11,22H2,1-3H3/t12-,15?,16?,17?,18+,19+,20+,21+/m0/s1. The van der Waals surface area contributed by atoms with Crippen molar-refractivity contribution in [2.24, 2.45) is 39.5 Å². The predicted molar refractivity (Wildman–Crippen MR) is 99.9 cm³/mol. The van der Waals surface area contributed by atoms with E-state index in [9.17, 15) is 10.0 Å². The molecule has 8 atom stereocenters. The highest BCUT2D eigenvalue weighted by Crippen LogP contribution is 2.64. The van der Waals surface area contributed by atoms with E-state index in [1.54, 1.807) is 5.57 Å². The van der Waals surface area contributed by atoms with Crippen LogP contribution in [0.15, 0.2) is 16.3 Å². The van der Waals surface area contributed by atoms with Gasteiger partial charge in [0.25, 0.3) is 0 Å². The normalized spacial score (nSPS) is 52.4. The van der Waals surface area contributed by atoms with Crippen LogP contribution in [0.4, 0.5) is 0 Å². The van der Waals surface area contributed by atoms with Gasteiger partial charge in [-0.15, -0.1) is 0 Å². The number of hydrogen-bond acceptors (Lipinski definition) is 4. The number of hydrogen-bond donors (Lipinski definition) is 2. The van der Waals surface area contributed by atoms with E-state index in [-0.39, 0.29) is 23.3 Å². The van der Waals surface area contributed by atoms with E-state index in [1.165, 1.54) is 24.8 Å². The monoisotopic (exact) mass is 346 g/mol. The van der Waals surface area contributed by atoms with Crippen LogP contribution in [0.25, 0.3) is 0 Å². The molecule has 0 heterocycles. The summed E-state index contributed by atoms with van der Waals surface area (Å²) >= 11 is 0. The molecule has 0 saturated heterocycles. The minimum atomic E-state index is -0.629. The van der Waals surface area contributed by atoms with Crippen LogP contribution >= 0.6 is 0 Å². The molecule has 0 aromatic heterocycles. The summed E-state index contributed by atoms with van der Waals surface area (Å²) in [5.41, 5.74) is 9.73. The molecule has 0 aromatic rings. The van der Waals surface area contributed by atoms with Gasteiger partial charge in [-0.05, 0) is 74.0 Å². The molecule has 3 unspecified atom stereocenters. The van der Waals surface area contributed by atoms with Crippen molar-refractivity contribution in [1.82, 2.24) is 0 Å². The zero-order valence-electron chi connectivity index (χ0n) is 16.0. The van der Waals surface area contributed by atoms with E-state index < -0.39 is 12.1 Å². The van der Waals surface area contributed by atoms with E-state index in [0.717, 1.165) is 32.1 Å². The molecule has 140 valence electrons. The first-order chi connectivity index (χ1) is 11.9. The molecule has 4 aliphatic rings. The van der Waals surface area contributed by atoms with Gasteiger partial charge >= 0.3 is 0 Å². The van der Waals surface area contributed by atoms with Gasteiger partial charge < -0.3 is 10.8 Å². The second-order valence-electron chi connectivity index (χ2n) is 9.82. The molecular weight excluding hydrogens is 312 g/mol. The molecule has 2 fully saturated rings. The Morgan fingerprint density at radius 1 is 1.20 bits per heavy atom. The van der Waals surface area contributed by atoms with Crippen molar-refractivity contribution in [3.05, 3.63) is 16.1 Å². The fraction of sp³-hybridized carbons (Fsp3) is 0.905. The minimum Gasteiger partial charge on any atom is -0.390 e. The smallest absolute Gasteiger partial charge is 0.125 e. The van der Waals surface area contributed by atoms with Gasteiger partial charge in [-0.25, -0.2) is 0 Å². The van der Waals surface area contributed by atoms with Crippen molar-refractivity contribution in [3.8, 4) is 0 Å². The molecule has 0 bridgehead atoms. The van der Waals surface area contributed by atoms with Gasteiger partial charge in [0, 0.05) is 12.0 Å². The van der Waals surface area contributed by atoms with Crippen LogP contribution in [0, 0.1) is 33.5 Å². The third-order valence-electron chi connectivity index (χ3n) is 8.94. The number of nitrogens with two attached hydrogens (primary N) is 1. The first kappa shape index (κ1) is 17.7. The number of nitrogens with zero attached hydrogens (tertiary/aromatic N) is 1. The average Bonchev–Trinajstić information content (AvgIpc) is 2.95. The fourth-order valence-electron chi connectivity index (χ4n) is 7.19. The fourth-order valence-corrected chi connectivity index (χ4v) is 7.19. The van der Waals surface area contributed by atoms with Gasteiger partial charge in [0.1, 0.15) is 6.04 Å². The number of aliphatic hydroxyl groups is 1. The van der Waals surface area contributed by atoms with Gasteiger partial charge in [-0.3, -0.25) is 0 Å². The summed E-state index contributed by atoms with van der Waals surface area (Å²) in [6, 6.07) is -0.317. The maximum Gasteiger partial charge on any atom is 0.125 e. The van der Waals surface area contributed by atoms with E-state index in [1.807, 2.05) is 0 Å². The third-order valence-corrected chi connectivity index (χ3v) is 8.94. The molecule has 4 nitrogen and oxygen atoms in total. The zero-order valence-corrected chi connectivity index (χ0v) is 16.0. The predicted octanol–water partition coefficient (Wildman–Crippen LogP) is 4.16. The lowest BCUT2D eigenvalue weighted by Gasteiger charge is -2.59. The maximum atomic E-state index is 11.8. The first-order valence-electron chi connectivity index (χ1n) is 10.3. The van der Waals surface area contributed by atoms with Crippen molar-refractivity contribution in [2.75, 3.05) is 0 Å². The summed E-state index contributed by atoms with van der Waals surface area (Å²) in [5, 5.41) is 14.6. The van der Waals surface area contributed by atoms with Crippen LogP contribution in [0.3, 0.4) is 0 Å². The van der Waals surface area contributed by atoms with Crippen molar-refractivity contribution < 1.29 is 5.11 Å². The largest absolute Gasteiger partial charge is 0.390 e. The molecule has 4 rings (SSSR count). The number of rotatable bonds is 2. The SMILES string of the molecule is CC[C@]1(C)CCC2=C1CCC1C2[C@@H](N=O)[C@H](O)C2C[C@@H](N)CC[C@]12C. The van der Waals surface area contributed by atoms with Gasteiger partial charge in [-0.2, -0.15) is 4.91 Å². The van der Waals surface area contributed by atoms with Gasteiger partial charge in [-0.1, -0.05) is 37.1 Å².